The first-order chi connectivity index (χ1) is 13.5. The Balaban J connectivity index is 1.97. The quantitative estimate of drug-likeness (QED) is 0.603. The largest absolute Gasteiger partial charge is 0.480 e. The van der Waals surface area contributed by atoms with E-state index >= 15 is 0 Å². The topological polar surface area (TPSA) is 68.0 Å². The predicted molar refractivity (Wildman–Crippen MR) is 101 cm³/mol. The first-order valence-electron chi connectivity index (χ1n) is 9.17. The van der Waals surface area contributed by atoms with Crippen LogP contribution in [0.4, 0.5) is 8.78 Å². The maximum absolute atomic E-state index is 14.0. The maximum Gasteiger partial charge on any atom is 0.327 e. The summed E-state index contributed by atoms with van der Waals surface area (Å²) in [5.41, 5.74) is 0.983. The van der Waals surface area contributed by atoms with Crippen LogP contribution in [-0.2, 0) is 4.79 Å². The first kappa shape index (κ1) is 18.8. The number of imidazole rings is 1. The molecule has 2 heterocycles. The summed E-state index contributed by atoms with van der Waals surface area (Å²) in [6, 6.07) is 4.32. The third-order valence-corrected chi connectivity index (χ3v) is 5.57. The molecule has 5 nitrogen and oxygen atoms in total. The molecule has 0 spiro atoms. The van der Waals surface area contributed by atoms with Gasteiger partial charge in [0, 0.05) is 23.9 Å². The summed E-state index contributed by atoms with van der Waals surface area (Å²) in [5.74, 6) is -2.89. The van der Waals surface area contributed by atoms with Gasteiger partial charge in [0.15, 0.2) is 11.6 Å². The summed E-state index contributed by atoms with van der Waals surface area (Å²) in [6.07, 6.45) is 5.97. The number of halogens is 3. The summed E-state index contributed by atoms with van der Waals surface area (Å²) in [5, 5.41) is 10.3. The van der Waals surface area contributed by atoms with Crippen molar-refractivity contribution >= 4 is 28.6 Å². The Hall–Kier alpha value is -2.54. The van der Waals surface area contributed by atoms with Crippen molar-refractivity contribution in [3.63, 3.8) is 0 Å². The molecular formula is C20H18ClF2N3O2. The van der Waals surface area contributed by atoms with Crippen LogP contribution in [0.3, 0.4) is 0 Å². The molecule has 1 aliphatic carbocycles. The average molecular weight is 406 g/mol. The van der Waals surface area contributed by atoms with Crippen LogP contribution in [-0.4, -0.2) is 25.6 Å². The second-order valence-corrected chi connectivity index (χ2v) is 7.50. The fourth-order valence-electron chi connectivity index (χ4n) is 4.06. The van der Waals surface area contributed by atoms with Crippen molar-refractivity contribution in [1.29, 1.82) is 0 Å². The molecule has 4 rings (SSSR count). The lowest BCUT2D eigenvalue weighted by Gasteiger charge is -2.29. The third kappa shape index (κ3) is 3.35. The normalized spacial score (nSPS) is 16.4. The minimum Gasteiger partial charge on any atom is -0.480 e. The second-order valence-electron chi connectivity index (χ2n) is 7.11. The van der Waals surface area contributed by atoms with Gasteiger partial charge in [-0.2, -0.15) is 0 Å². The number of pyridine rings is 1. The molecule has 8 heteroatoms. The Morgan fingerprint density at radius 2 is 1.89 bits per heavy atom. The lowest BCUT2D eigenvalue weighted by molar-refractivity contribution is -0.143. The molecule has 1 aliphatic rings. The number of rotatable bonds is 4. The molecule has 3 aromatic rings. The van der Waals surface area contributed by atoms with Crippen LogP contribution in [0, 0.1) is 17.6 Å². The standard InChI is InChI=1S/C20H18ClF2N3O2/c21-17-7-6-12(10-24-17)19-25-15-8-13(22)14(23)9-16(15)26(19)18(20(27)28)11-4-2-1-3-5-11/h6-11,18H,1-5H2,(H,27,28). The monoisotopic (exact) mass is 405 g/mol. The highest BCUT2D eigenvalue weighted by atomic mass is 35.5. The van der Waals surface area contributed by atoms with Gasteiger partial charge in [0.1, 0.15) is 17.0 Å². The van der Waals surface area contributed by atoms with Crippen LogP contribution in [0.15, 0.2) is 30.5 Å². The molecular weight excluding hydrogens is 388 g/mol. The van der Waals surface area contributed by atoms with Gasteiger partial charge in [-0.15, -0.1) is 0 Å². The first-order valence-corrected chi connectivity index (χ1v) is 9.55. The van der Waals surface area contributed by atoms with Crippen molar-refractivity contribution < 1.29 is 18.7 Å². The van der Waals surface area contributed by atoms with E-state index in [1.54, 1.807) is 12.1 Å². The Morgan fingerprint density at radius 3 is 2.54 bits per heavy atom. The molecule has 0 amide bonds. The Bertz CT molecular complexity index is 1030. The number of hydrogen-bond acceptors (Lipinski definition) is 3. The zero-order chi connectivity index (χ0) is 19.8. The maximum atomic E-state index is 14.0. The van der Waals surface area contributed by atoms with Gasteiger partial charge < -0.3 is 9.67 Å². The van der Waals surface area contributed by atoms with Gasteiger partial charge in [0.2, 0.25) is 0 Å². The van der Waals surface area contributed by atoms with Crippen LogP contribution in [0.25, 0.3) is 22.4 Å². The zero-order valence-corrected chi connectivity index (χ0v) is 15.7. The molecule has 0 saturated heterocycles. The lowest BCUT2D eigenvalue weighted by atomic mass is 9.83. The van der Waals surface area contributed by atoms with E-state index in [1.807, 2.05) is 0 Å². The highest BCUT2D eigenvalue weighted by molar-refractivity contribution is 6.29. The van der Waals surface area contributed by atoms with Gasteiger partial charge in [-0.05, 0) is 30.9 Å². The van der Waals surface area contributed by atoms with Crippen LogP contribution in [0.1, 0.15) is 38.1 Å². The molecule has 1 saturated carbocycles. The molecule has 1 atom stereocenters. The molecule has 0 aliphatic heterocycles. The molecule has 1 N–H and O–H groups in total. The number of carboxylic acid groups (broad SMARTS) is 1. The van der Waals surface area contributed by atoms with Crippen LogP contribution in [0.5, 0.6) is 0 Å². The Labute approximate surface area is 165 Å². The van der Waals surface area contributed by atoms with Crippen molar-refractivity contribution in [2.75, 3.05) is 0 Å². The molecule has 2 aromatic heterocycles. The SMILES string of the molecule is O=C(O)C(C1CCCCC1)n1c(-c2ccc(Cl)nc2)nc2cc(F)c(F)cc21. The Kier molecular flexibility index (Phi) is 5.02. The summed E-state index contributed by atoms with van der Waals surface area (Å²) in [7, 11) is 0. The average Bonchev–Trinajstić information content (AvgIpc) is 3.02. The number of aromatic nitrogens is 3. The van der Waals surface area contributed by atoms with E-state index in [2.05, 4.69) is 9.97 Å². The number of carbonyl (C=O) groups is 1. The number of aliphatic carboxylic acids is 1. The Morgan fingerprint density at radius 1 is 1.18 bits per heavy atom. The fraction of sp³-hybridized carbons (Fsp3) is 0.350. The minimum atomic E-state index is -1.04. The summed E-state index contributed by atoms with van der Waals surface area (Å²) in [4.78, 5) is 20.7. The number of hydrogen-bond donors (Lipinski definition) is 1. The number of carboxylic acids is 1. The van der Waals surface area contributed by atoms with Gasteiger partial charge >= 0.3 is 5.97 Å². The molecule has 0 radical (unpaired) electrons. The van der Waals surface area contributed by atoms with E-state index in [0.29, 0.717) is 11.4 Å². The van der Waals surface area contributed by atoms with Gasteiger partial charge in [-0.3, -0.25) is 0 Å². The molecule has 1 unspecified atom stereocenters. The van der Waals surface area contributed by atoms with E-state index in [1.165, 1.54) is 10.8 Å². The minimum absolute atomic E-state index is 0.115. The van der Waals surface area contributed by atoms with Crippen molar-refractivity contribution in [3.8, 4) is 11.4 Å². The zero-order valence-electron chi connectivity index (χ0n) is 14.9. The van der Waals surface area contributed by atoms with Crippen LogP contribution in [0.2, 0.25) is 5.15 Å². The van der Waals surface area contributed by atoms with Gasteiger partial charge in [-0.25, -0.2) is 23.5 Å². The third-order valence-electron chi connectivity index (χ3n) is 5.34. The predicted octanol–water partition coefficient (Wildman–Crippen LogP) is 5.24. The van der Waals surface area contributed by atoms with Gasteiger partial charge in [0.05, 0.1) is 11.0 Å². The summed E-state index contributed by atoms with van der Waals surface area (Å²) < 4.78 is 29.3. The molecule has 0 bridgehead atoms. The molecule has 1 fully saturated rings. The second kappa shape index (κ2) is 7.47. The lowest BCUT2D eigenvalue weighted by Crippen LogP contribution is -2.29. The number of fused-ring (bicyclic) bond motifs is 1. The van der Waals surface area contributed by atoms with Crippen LogP contribution >= 0.6 is 11.6 Å². The summed E-state index contributed by atoms with van der Waals surface area (Å²) in [6.45, 7) is 0. The highest BCUT2D eigenvalue weighted by Gasteiger charge is 2.34. The fourth-order valence-corrected chi connectivity index (χ4v) is 4.17. The van der Waals surface area contributed by atoms with E-state index in [0.717, 1.165) is 44.2 Å². The van der Waals surface area contributed by atoms with Crippen molar-refractivity contribution in [1.82, 2.24) is 14.5 Å². The van der Waals surface area contributed by atoms with E-state index < -0.39 is 23.6 Å². The van der Waals surface area contributed by atoms with Crippen molar-refractivity contribution in [2.24, 2.45) is 5.92 Å². The van der Waals surface area contributed by atoms with Gasteiger partial charge in [-0.1, -0.05) is 30.9 Å². The van der Waals surface area contributed by atoms with Crippen molar-refractivity contribution in [2.45, 2.75) is 38.1 Å². The smallest absolute Gasteiger partial charge is 0.327 e. The molecule has 1 aromatic carbocycles. The molecule has 146 valence electrons. The van der Waals surface area contributed by atoms with Gasteiger partial charge in [0.25, 0.3) is 0 Å². The van der Waals surface area contributed by atoms with Crippen LogP contribution < -0.4 is 0 Å². The van der Waals surface area contributed by atoms with Crippen molar-refractivity contribution in [3.05, 3.63) is 47.2 Å². The van der Waals surface area contributed by atoms with E-state index in [4.69, 9.17) is 11.6 Å². The van der Waals surface area contributed by atoms with E-state index in [9.17, 15) is 18.7 Å². The summed E-state index contributed by atoms with van der Waals surface area (Å²) >= 11 is 5.86. The number of benzene rings is 1. The van der Waals surface area contributed by atoms with E-state index in [-0.39, 0.29) is 22.1 Å². The number of nitrogens with zero attached hydrogens (tertiary/aromatic N) is 3. The highest BCUT2D eigenvalue weighted by Crippen LogP contribution is 2.38. The molecule has 28 heavy (non-hydrogen) atoms.